The largest absolute Gasteiger partial charge is 0.487 e. The molecule has 0 radical (unpaired) electrons. The number of ether oxygens (including phenoxy) is 1. The first-order valence-electron chi connectivity index (χ1n) is 9.58. The van der Waals surface area contributed by atoms with E-state index in [1.807, 2.05) is 12.1 Å². The Morgan fingerprint density at radius 1 is 1.22 bits per heavy atom. The number of allylic oxidation sites excluding steroid dienone is 3. The molecular formula is C22H28F2O3. The van der Waals surface area contributed by atoms with Gasteiger partial charge in [0.2, 0.25) is 0 Å². The molecule has 1 aromatic carbocycles. The van der Waals surface area contributed by atoms with Gasteiger partial charge in [-0.05, 0) is 62.1 Å². The van der Waals surface area contributed by atoms with Crippen LogP contribution in [0.4, 0.5) is 8.78 Å². The molecule has 0 aromatic heterocycles. The van der Waals surface area contributed by atoms with Gasteiger partial charge in [-0.3, -0.25) is 4.79 Å². The van der Waals surface area contributed by atoms with Gasteiger partial charge in [0, 0.05) is 6.42 Å². The fourth-order valence-corrected chi connectivity index (χ4v) is 3.38. The molecule has 0 spiro atoms. The van der Waals surface area contributed by atoms with E-state index in [2.05, 4.69) is 6.08 Å². The maximum absolute atomic E-state index is 14.1. The maximum Gasteiger partial charge on any atom is 0.303 e. The summed E-state index contributed by atoms with van der Waals surface area (Å²) in [5.74, 6) is -2.78. The predicted molar refractivity (Wildman–Crippen MR) is 102 cm³/mol. The second kappa shape index (κ2) is 10.9. The van der Waals surface area contributed by atoms with Crippen molar-refractivity contribution in [2.75, 3.05) is 6.61 Å². The van der Waals surface area contributed by atoms with Crippen LogP contribution >= 0.6 is 0 Å². The molecule has 1 saturated carbocycles. The van der Waals surface area contributed by atoms with Crippen molar-refractivity contribution in [3.05, 3.63) is 54.6 Å². The van der Waals surface area contributed by atoms with Crippen LogP contribution in [0.1, 0.15) is 44.9 Å². The van der Waals surface area contributed by atoms with E-state index in [0.717, 1.165) is 38.2 Å². The van der Waals surface area contributed by atoms with E-state index in [1.54, 1.807) is 30.3 Å². The molecule has 0 heterocycles. The van der Waals surface area contributed by atoms with Gasteiger partial charge in [0.25, 0.3) is 5.92 Å². The Hall–Kier alpha value is -2.17. The van der Waals surface area contributed by atoms with Gasteiger partial charge in [-0.25, -0.2) is 0 Å². The van der Waals surface area contributed by atoms with E-state index in [4.69, 9.17) is 9.84 Å². The van der Waals surface area contributed by atoms with Gasteiger partial charge in [0.05, 0.1) is 0 Å². The number of carboxylic acid groups (broad SMARTS) is 1. The number of unbranched alkanes of at least 4 members (excludes halogenated alkanes) is 1. The monoisotopic (exact) mass is 378 g/mol. The fourth-order valence-electron chi connectivity index (χ4n) is 3.38. The first-order valence-corrected chi connectivity index (χ1v) is 9.58. The lowest BCUT2D eigenvalue weighted by Gasteiger charge is -2.17. The number of rotatable bonds is 11. The zero-order chi connectivity index (χ0) is 19.5. The number of carbonyl (C=O) groups is 1. The fraction of sp³-hybridized carbons (Fsp3) is 0.500. The quantitative estimate of drug-likeness (QED) is 0.387. The molecular weight excluding hydrogens is 350 g/mol. The number of carboxylic acids is 1. The molecule has 2 unspecified atom stereocenters. The van der Waals surface area contributed by atoms with Crippen LogP contribution in [-0.4, -0.2) is 23.6 Å². The van der Waals surface area contributed by atoms with E-state index in [1.165, 1.54) is 0 Å². The molecule has 1 N–H and O–H groups in total. The lowest BCUT2D eigenvalue weighted by atomic mass is 9.92. The Bertz CT molecular complexity index is 626. The molecule has 0 amide bonds. The van der Waals surface area contributed by atoms with E-state index >= 15 is 0 Å². The van der Waals surface area contributed by atoms with Gasteiger partial charge in [-0.2, -0.15) is 8.78 Å². The first-order chi connectivity index (χ1) is 13.0. The Kier molecular flexibility index (Phi) is 8.49. The van der Waals surface area contributed by atoms with Crippen LogP contribution < -0.4 is 4.74 Å². The van der Waals surface area contributed by atoms with Crippen molar-refractivity contribution in [1.82, 2.24) is 0 Å². The average Bonchev–Trinajstić information content (AvgIpc) is 3.09. The maximum atomic E-state index is 14.1. The number of hydrogen-bond acceptors (Lipinski definition) is 2. The Balaban J connectivity index is 1.76. The Labute approximate surface area is 159 Å². The van der Waals surface area contributed by atoms with Crippen LogP contribution in [0.15, 0.2) is 54.6 Å². The van der Waals surface area contributed by atoms with Crippen molar-refractivity contribution in [3.8, 4) is 5.75 Å². The van der Waals surface area contributed by atoms with Gasteiger partial charge in [0.1, 0.15) is 5.75 Å². The van der Waals surface area contributed by atoms with Gasteiger partial charge in [-0.1, -0.05) is 42.8 Å². The Morgan fingerprint density at radius 3 is 2.74 bits per heavy atom. The van der Waals surface area contributed by atoms with Gasteiger partial charge < -0.3 is 9.84 Å². The zero-order valence-corrected chi connectivity index (χ0v) is 15.5. The summed E-state index contributed by atoms with van der Waals surface area (Å²) in [7, 11) is 0. The predicted octanol–water partition coefficient (Wildman–Crippen LogP) is 5.87. The summed E-state index contributed by atoms with van der Waals surface area (Å²) in [4.78, 5) is 10.5. The van der Waals surface area contributed by atoms with Crippen molar-refractivity contribution >= 4 is 5.97 Å². The summed E-state index contributed by atoms with van der Waals surface area (Å²) in [6.45, 7) is -0.658. The van der Waals surface area contributed by atoms with E-state index in [0.29, 0.717) is 18.1 Å². The standard InChI is InChI=1S/C22H28F2O3/c23-22(24,17-27-20-12-5-3-6-13-20)16-15-19-11-8-10-18(19)9-4-1-2-7-14-21(25)26/h1,3-6,12-13,15-16,18-19H,2,7-11,14,17H2,(H,25,26). The van der Waals surface area contributed by atoms with Crippen LogP contribution in [0.5, 0.6) is 5.75 Å². The SMILES string of the molecule is O=C(O)CCCC=CCC1CCCC1C=CC(F)(F)COc1ccccc1. The minimum atomic E-state index is -2.99. The normalized spacial score (nSPS) is 20.5. The third kappa shape index (κ3) is 8.37. The van der Waals surface area contributed by atoms with Crippen molar-refractivity contribution in [2.45, 2.75) is 50.9 Å². The van der Waals surface area contributed by atoms with Crippen LogP contribution in [0, 0.1) is 11.8 Å². The van der Waals surface area contributed by atoms with Gasteiger partial charge >= 0.3 is 5.97 Å². The number of alkyl halides is 2. The molecule has 2 atom stereocenters. The second-order valence-corrected chi connectivity index (χ2v) is 7.07. The highest BCUT2D eigenvalue weighted by Gasteiger charge is 2.29. The minimum absolute atomic E-state index is 0.163. The molecule has 5 heteroatoms. The van der Waals surface area contributed by atoms with E-state index < -0.39 is 18.5 Å². The van der Waals surface area contributed by atoms with Crippen LogP contribution in [0.2, 0.25) is 0 Å². The first kappa shape index (κ1) is 21.1. The van der Waals surface area contributed by atoms with Gasteiger partial charge in [-0.15, -0.1) is 0 Å². The molecule has 0 bridgehead atoms. The summed E-state index contributed by atoms with van der Waals surface area (Å²) in [5, 5.41) is 8.60. The number of benzene rings is 1. The summed E-state index contributed by atoms with van der Waals surface area (Å²) in [6.07, 6.45) is 12.2. The molecule has 1 fully saturated rings. The number of halogens is 2. The smallest absolute Gasteiger partial charge is 0.303 e. The Morgan fingerprint density at radius 2 is 2.00 bits per heavy atom. The van der Waals surface area contributed by atoms with Crippen molar-refractivity contribution in [1.29, 1.82) is 0 Å². The van der Waals surface area contributed by atoms with Gasteiger partial charge in [0.15, 0.2) is 6.61 Å². The average molecular weight is 378 g/mol. The summed E-state index contributed by atoms with van der Waals surface area (Å²) in [5.41, 5.74) is 0. The van der Waals surface area contributed by atoms with Crippen molar-refractivity contribution in [2.24, 2.45) is 11.8 Å². The number of para-hydroxylation sites is 1. The lowest BCUT2D eigenvalue weighted by molar-refractivity contribution is -0.137. The molecule has 0 saturated heterocycles. The highest BCUT2D eigenvalue weighted by atomic mass is 19.3. The summed E-state index contributed by atoms with van der Waals surface area (Å²) in [6, 6.07) is 8.64. The topological polar surface area (TPSA) is 46.5 Å². The highest BCUT2D eigenvalue weighted by Crippen LogP contribution is 2.36. The van der Waals surface area contributed by atoms with Crippen molar-refractivity contribution < 1.29 is 23.4 Å². The molecule has 0 aliphatic heterocycles. The van der Waals surface area contributed by atoms with Crippen LogP contribution in [0.25, 0.3) is 0 Å². The molecule has 1 aliphatic carbocycles. The molecule has 2 rings (SSSR count). The second-order valence-electron chi connectivity index (χ2n) is 7.07. The van der Waals surface area contributed by atoms with Crippen LogP contribution in [0.3, 0.4) is 0 Å². The number of aliphatic carboxylic acids is 1. The summed E-state index contributed by atoms with van der Waals surface area (Å²) >= 11 is 0. The third-order valence-electron chi connectivity index (χ3n) is 4.85. The van der Waals surface area contributed by atoms with E-state index in [9.17, 15) is 13.6 Å². The number of hydrogen-bond donors (Lipinski definition) is 1. The minimum Gasteiger partial charge on any atom is -0.487 e. The molecule has 148 valence electrons. The molecule has 3 nitrogen and oxygen atoms in total. The molecule has 27 heavy (non-hydrogen) atoms. The molecule has 1 aliphatic rings. The lowest BCUT2D eigenvalue weighted by Crippen LogP contribution is -2.23. The highest BCUT2D eigenvalue weighted by molar-refractivity contribution is 5.66. The molecule has 1 aromatic rings. The van der Waals surface area contributed by atoms with E-state index in [-0.39, 0.29) is 12.3 Å². The zero-order valence-electron chi connectivity index (χ0n) is 15.5. The van der Waals surface area contributed by atoms with Crippen LogP contribution in [-0.2, 0) is 4.79 Å². The summed E-state index contributed by atoms with van der Waals surface area (Å²) < 4.78 is 33.3. The van der Waals surface area contributed by atoms with Crippen molar-refractivity contribution in [3.63, 3.8) is 0 Å². The third-order valence-corrected chi connectivity index (χ3v) is 4.85.